The van der Waals surface area contributed by atoms with Gasteiger partial charge in [-0.15, -0.1) is 0 Å². The van der Waals surface area contributed by atoms with Crippen LogP contribution in [0.3, 0.4) is 0 Å². The van der Waals surface area contributed by atoms with Crippen molar-refractivity contribution in [1.82, 2.24) is 4.98 Å². The third-order valence-corrected chi connectivity index (χ3v) is 5.52. The van der Waals surface area contributed by atoms with Crippen LogP contribution in [0, 0.1) is 0 Å². The van der Waals surface area contributed by atoms with Gasteiger partial charge in [-0.1, -0.05) is 42.5 Å². The molecule has 158 valence electrons. The first-order chi connectivity index (χ1) is 15.6. The topological polar surface area (TPSA) is 71.6 Å². The minimum atomic E-state index is -0.438. The van der Waals surface area contributed by atoms with Gasteiger partial charge in [0.2, 0.25) is 0 Å². The van der Waals surface area contributed by atoms with E-state index in [2.05, 4.69) is 4.98 Å². The summed E-state index contributed by atoms with van der Waals surface area (Å²) in [6.07, 6.45) is 0.628. The van der Waals surface area contributed by atoms with E-state index in [1.807, 2.05) is 66.7 Å². The van der Waals surface area contributed by atoms with Crippen LogP contribution in [-0.2, 0) is 11.2 Å². The Morgan fingerprint density at radius 2 is 1.66 bits per heavy atom. The number of rotatable bonds is 5. The van der Waals surface area contributed by atoms with E-state index < -0.39 is 5.97 Å². The van der Waals surface area contributed by atoms with Crippen molar-refractivity contribution in [3.05, 3.63) is 102 Å². The fraction of sp³-hybridized carbons (Fsp3) is 0.0741. The number of fused-ring (bicyclic) bond motifs is 3. The molecule has 32 heavy (non-hydrogen) atoms. The minimum absolute atomic E-state index is 0.118. The molecule has 5 nitrogen and oxygen atoms in total. The van der Waals surface area contributed by atoms with Crippen molar-refractivity contribution in [1.29, 1.82) is 0 Å². The molecule has 0 aliphatic rings. The first-order valence-electron chi connectivity index (χ1n) is 10.3. The molecule has 0 amide bonds. The predicted molar refractivity (Wildman–Crippen MR) is 125 cm³/mol. The van der Waals surface area contributed by atoms with E-state index in [9.17, 15) is 9.90 Å². The molecule has 1 aromatic heterocycles. The van der Waals surface area contributed by atoms with E-state index in [0.29, 0.717) is 22.8 Å². The van der Waals surface area contributed by atoms with Gasteiger partial charge in [-0.05, 0) is 60.0 Å². The predicted octanol–water partition coefficient (Wildman–Crippen LogP) is 6.20. The zero-order valence-electron chi connectivity index (χ0n) is 17.5. The summed E-state index contributed by atoms with van der Waals surface area (Å²) in [5.41, 5.74) is 4.05. The van der Waals surface area contributed by atoms with E-state index in [1.54, 1.807) is 18.2 Å². The minimum Gasteiger partial charge on any atom is -0.507 e. The quantitative estimate of drug-likeness (QED) is 0.330. The molecule has 5 aromatic rings. The van der Waals surface area contributed by atoms with Gasteiger partial charge in [0.05, 0.1) is 23.6 Å². The van der Waals surface area contributed by atoms with Crippen LogP contribution >= 0.6 is 0 Å². The Morgan fingerprint density at radius 1 is 0.875 bits per heavy atom. The van der Waals surface area contributed by atoms with Gasteiger partial charge in [0.25, 0.3) is 0 Å². The molecule has 0 bridgehead atoms. The monoisotopic (exact) mass is 423 g/mol. The summed E-state index contributed by atoms with van der Waals surface area (Å²) in [5.74, 6) is 1.22. The van der Waals surface area contributed by atoms with E-state index in [0.717, 1.165) is 33.7 Å². The SMILES string of the molecule is COC(=O)c1cccc2[nH]c3c(Cc4cccc(Oc5ccccc5)c4)ccc(O)c3c12. The Morgan fingerprint density at radius 3 is 2.47 bits per heavy atom. The molecule has 0 aliphatic carbocycles. The number of aromatic amines is 1. The fourth-order valence-electron chi connectivity index (χ4n) is 4.08. The van der Waals surface area contributed by atoms with Crippen LogP contribution in [0.2, 0.25) is 0 Å². The van der Waals surface area contributed by atoms with Gasteiger partial charge in [-0.25, -0.2) is 4.79 Å². The van der Waals surface area contributed by atoms with Crippen molar-refractivity contribution < 1.29 is 19.4 Å². The molecular weight excluding hydrogens is 402 g/mol. The number of para-hydroxylation sites is 1. The molecule has 0 radical (unpaired) electrons. The third kappa shape index (κ3) is 3.54. The Labute approximate surface area is 184 Å². The largest absolute Gasteiger partial charge is 0.507 e. The summed E-state index contributed by atoms with van der Waals surface area (Å²) in [7, 11) is 1.35. The molecule has 5 rings (SSSR count). The first-order valence-corrected chi connectivity index (χ1v) is 10.3. The number of carbonyl (C=O) groups is 1. The van der Waals surface area contributed by atoms with Crippen LogP contribution in [0.5, 0.6) is 17.2 Å². The summed E-state index contributed by atoms with van der Waals surface area (Å²) in [5, 5.41) is 11.9. The van der Waals surface area contributed by atoms with Crippen molar-refractivity contribution >= 4 is 27.8 Å². The number of methoxy groups -OCH3 is 1. The van der Waals surface area contributed by atoms with Crippen LogP contribution < -0.4 is 4.74 Å². The fourth-order valence-corrected chi connectivity index (χ4v) is 4.08. The van der Waals surface area contributed by atoms with Crippen LogP contribution in [0.4, 0.5) is 0 Å². The molecule has 0 unspecified atom stereocenters. The van der Waals surface area contributed by atoms with E-state index >= 15 is 0 Å². The van der Waals surface area contributed by atoms with Crippen LogP contribution in [0.1, 0.15) is 21.5 Å². The molecule has 0 spiro atoms. The third-order valence-electron chi connectivity index (χ3n) is 5.52. The lowest BCUT2D eigenvalue weighted by Crippen LogP contribution is -2.01. The molecule has 2 N–H and O–H groups in total. The maximum atomic E-state index is 12.3. The average Bonchev–Trinajstić information content (AvgIpc) is 3.22. The highest BCUT2D eigenvalue weighted by Crippen LogP contribution is 2.37. The highest BCUT2D eigenvalue weighted by Gasteiger charge is 2.19. The lowest BCUT2D eigenvalue weighted by molar-refractivity contribution is 0.0603. The summed E-state index contributed by atoms with van der Waals surface area (Å²) < 4.78 is 10.9. The van der Waals surface area contributed by atoms with Gasteiger partial charge in [0.15, 0.2) is 0 Å². The van der Waals surface area contributed by atoms with Gasteiger partial charge in [-0.2, -0.15) is 0 Å². The molecule has 0 saturated heterocycles. The number of aromatic nitrogens is 1. The number of aromatic hydroxyl groups is 1. The molecule has 5 heteroatoms. The van der Waals surface area contributed by atoms with Gasteiger partial charge >= 0.3 is 5.97 Å². The lowest BCUT2D eigenvalue weighted by atomic mass is 9.99. The van der Waals surface area contributed by atoms with E-state index in [-0.39, 0.29) is 5.75 Å². The zero-order chi connectivity index (χ0) is 22.1. The van der Waals surface area contributed by atoms with Crippen molar-refractivity contribution in [2.45, 2.75) is 6.42 Å². The van der Waals surface area contributed by atoms with Crippen molar-refractivity contribution in [2.24, 2.45) is 0 Å². The van der Waals surface area contributed by atoms with Crippen LogP contribution in [0.15, 0.2) is 84.9 Å². The number of phenolic OH excluding ortho intramolecular Hbond substituents is 1. The number of hydrogen-bond acceptors (Lipinski definition) is 4. The summed E-state index contributed by atoms with van der Waals surface area (Å²) in [4.78, 5) is 15.7. The maximum absolute atomic E-state index is 12.3. The van der Waals surface area contributed by atoms with E-state index in [4.69, 9.17) is 9.47 Å². The molecule has 1 heterocycles. The summed E-state index contributed by atoms with van der Waals surface area (Å²) in [6.45, 7) is 0. The normalized spacial score (nSPS) is 11.0. The van der Waals surface area contributed by atoms with Crippen LogP contribution in [-0.4, -0.2) is 23.2 Å². The Balaban J connectivity index is 1.57. The van der Waals surface area contributed by atoms with Gasteiger partial charge < -0.3 is 19.6 Å². The molecule has 0 aliphatic heterocycles. The second-order valence-electron chi connectivity index (χ2n) is 7.58. The second-order valence-corrected chi connectivity index (χ2v) is 7.58. The number of H-pyrrole nitrogens is 1. The smallest absolute Gasteiger partial charge is 0.338 e. The number of esters is 1. The summed E-state index contributed by atoms with van der Waals surface area (Å²) in [6, 6.07) is 26.6. The zero-order valence-corrected chi connectivity index (χ0v) is 17.5. The lowest BCUT2D eigenvalue weighted by Gasteiger charge is -2.09. The van der Waals surface area contributed by atoms with Gasteiger partial charge in [0.1, 0.15) is 17.2 Å². The first kappa shape index (κ1) is 19.7. The number of hydrogen-bond donors (Lipinski definition) is 2. The summed E-state index contributed by atoms with van der Waals surface area (Å²) >= 11 is 0. The second kappa shape index (κ2) is 8.12. The number of carbonyl (C=O) groups excluding carboxylic acids is 1. The van der Waals surface area contributed by atoms with Gasteiger partial charge in [-0.3, -0.25) is 0 Å². The molecular formula is C27H21NO4. The standard InChI is InChI=1S/C27H21NO4/c1-31-27(30)21-11-6-12-22-24(21)25-23(29)14-13-18(26(25)28-22)15-17-7-5-10-20(16-17)32-19-8-3-2-4-9-19/h2-14,16,28-29H,15H2,1H3. The van der Waals surface area contributed by atoms with E-state index in [1.165, 1.54) is 7.11 Å². The maximum Gasteiger partial charge on any atom is 0.338 e. The molecule has 0 atom stereocenters. The molecule has 4 aromatic carbocycles. The number of benzene rings is 4. The van der Waals surface area contributed by atoms with Crippen molar-refractivity contribution in [2.75, 3.05) is 7.11 Å². The van der Waals surface area contributed by atoms with Crippen molar-refractivity contribution in [3.63, 3.8) is 0 Å². The Kier molecular flexibility index (Phi) is 5.00. The molecule has 0 fully saturated rings. The highest BCUT2D eigenvalue weighted by molar-refractivity contribution is 6.19. The van der Waals surface area contributed by atoms with Crippen molar-refractivity contribution in [3.8, 4) is 17.2 Å². The van der Waals surface area contributed by atoms with Crippen LogP contribution in [0.25, 0.3) is 21.8 Å². The number of ether oxygens (including phenoxy) is 2. The molecule has 0 saturated carbocycles. The number of phenols is 1. The Bertz CT molecular complexity index is 1440. The average molecular weight is 423 g/mol. The Hall–Kier alpha value is -4.25. The number of nitrogens with one attached hydrogen (secondary N) is 1. The van der Waals surface area contributed by atoms with Gasteiger partial charge in [0, 0.05) is 10.9 Å². The highest BCUT2D eigenvalue weighted by atomic mass is 16.5.